The molecule has 0 atom stereocenters. The molecule has 2 aliphatic heterocycles. The number of likely N-dealkylation sites (N-methyl/N-ethyl adjacent to an activating group) is 1. The Bertz CT molecular complexity index is 1010. The second-order valence-corrected chi connectivity index (χ2v) is 8.68. The number of carboxylic acid groups (broad SMARTS) is 1. The molecule has 1 spiro atoms. The Morgan fingerprint density at radius 1 is 1.12 bits per heavy atom. The van der Waals surface area contributed by atoms with Gasteiger partial charge in [-0.3, -0.25) is 9.69 Å². The first-order valence-corrected chi connectivity index (χ1v) is 10.7. The Morgan fingerprint density at radius 2 is 1.73 bits per heavy atom. The molecule has 2 aliphatic rings. The molecular weight excluding hydrogens is 439 g/mol. The van der Waals surface area contributed by atoms with Gasteiger partial charge in [0.05, 0.1) is 18.5 Å². The largest absolute Gasteiger partial charge is 0.490 e. The molecule has 1 N–H and O–H groups in total. The van der Waals surface area contributed by atoms with Crippen LogP contribution in [0.15, 0.2) is 24.3 Å². The maximum atomic E-state index is 12.8. The lowest BCUT2D eigenvalue weighted by Crippen LogP contribution is -2.56. The van der Waals surface area contributed by atoms with Crippen LogP contribution in [0.4, 0.5) is 13.2 Å². The maximum Gasteiger partial charge on any atom is 0.490 e. The van der Waals surface area contributed by atoms with Crippen molar-refractivity contribution in [2.75, 3.05) is 26.7 Å². The highest BCUT2D eigenvalue weighted by molar-refractivity contribution is 5.79. The molecule has 0 bridgehead atoms. The maximum absolute atomic E-state index is 12.8. The molecule has 1 amide bonds. The number of piperidine rings is 1. The topological polar surface area (TPSA) is 91.6 Å². The lowest BCUT2D eigenvalue weighted by atomic mass is 9.84. The van der Waals surface area contributed by atoms with Crippen molar-refractivity contribution in [3.05, 3.63) is 47.0 Å². The number of aromatic nitrogens is 3. The molecule has 3 heterocycles. The summed E-state index contributed by atoms with van der Waals surface area (Å²) in [5.41, 5.74) is 2.34. The van der Waals surface area contributed by atoms with Crippen LogP contribution >= 0.6 is 0 Å². The Labute approximate surface area is 190 Å². The van der Waals surface area contributed by atoms with Crippen molar-refractivity contribution in [2.24, 2.45) is 0 Å². The van der Waals surface area contributed by atoms with E-state index in [-0.39, 0.29) is 11.4 Å². The molecule has 1 aromatic carbocycles. The van der Waals surface area contributed by atoms with Gasteiger partial charge in [-0.25, -0.2) is 4.79 Å². The van der Waals surface area contributed by atoms with Crippen molar-refractivity contribution < 1.29 is 27.9 Å². The molecule has 1 saturated heterocycles. The van der Waals surface area contributed by atoms with E-state index < -0.39 is 12.1 Å². The molecule has 4 rings (SSSR count). The fraction of sp³-hybridized carbons (Fsp3) is 0.545. The minimum atomic E-state index is -5.08. The van der Waals surface area contributed by atoms with E-state index in [1.807, 2.05) is 24.0 Å². The van der Waals surface area contributed by atoms with Gasteiger partial charge in [0.15, 0.2) is 0 Å². The standard InChI is InChI=1S/C20H27N5O.C2HF3O2/c1-15-6-4-5-7-17(15)12-19(26)24-10-8-20(9-11-24)14-23(3)13-18-22-21-16(2)25(18)20;3-2(4,5)1(6)7/h4-7H,8-14H2,1-3H3;(H,6,7). The van der Waals surface area contributed by atoms with Crippen LogP contribution in [0.3, 0.4) is 0 Å². The van der Waals surface area contributed by atoms with Crippen LogP contribution in [0.2, 0.25) is 0 Å². The number of amides is 1. The molecule has 1 fully saturated rings. The van der Waals surface area contributed by atoms with Crippen LogP contribution in [0.25, 0.3) is 0 Å². The van der Waals surface area contributed by atoms with E-state index in [4.69, 9.17) is 9.90 Å². The summed E-state index contributed by atoms with van der Waals surface area (Å²) in [6.45, 7) is 7.56. The van der Waals surface area contributed by atoms with Crippen LogP contribution in [-0.4, -0.2) is 74.4 Å². The van der Waals surface area contributed by atoms with Crippen molar-refractivity contribution in [3.63, 3.8) is 0 Å². The number of fused-ring (bicyclic) bond motifs is 2. The van der Waals surface area contributed by atoms with Crippen molar-refractivity contribution in [1.29, 1.82) is 0 Å². The van der Waals surface area contributed by atoms with Gasteiger partial charge in [0.2, 0.25) is 5.91 Å². The van der Waals surface area contributed by atoms with Gasteiger partial charge >= 0.3 is 12.1 Å². The molecule has 1 aromatic heterocycles. The summed E-state index contributed by atoms with van der Waals surface area (Å²) in [4.78, 5) is 26.1. The van der Waals surface area contributed by atoms with Crippen LogP contribution in [0.5, 0.6) is 0 Å². The Kier molecular flexibility index (Phi) is 7.11. The average Bonchev–Trinajstić information content (AvgIpc) is 3.11. The van der Waals surface area contributed by atoms with E-state index in [2.05, 4.69) is 45.8 Å². The number of carboxylic acids is 1. The number of aryl methyl sites for hydroxylation is 2. The zero-order valence-corrected chi connectivity index (χ0v) is 18.9. The van der Waals surface area contributed by atoms with Gasteiger partial charge in [0.1, 0.15) is 11.6 Å². The highest BCUT2D eigenvalue weighted by Crippen LogP contribution is 2.36. The number of halogens is 3. The van der Waals surface area contributed by atoms with Gasteiger partial charge in [0, 0.05) is 19.6 Å². The molecule has 2 aromatic rings. The normalized spacial score (nSPS) is 17.8. The predicted octanol–water partition coefficient (Wildman–Crippen LogP) is 2.53. The molecule has 0 aliphatic carbocycles. The summed E-state index contributed by atoms with van der Waals surface area (Å²) in [5.74, 6) is -0.477. The second kappa shape index (κ2) is 9.50. The molecule has 0 saturated carbocycles. The monoisotopic (exact) mass is 467 g/mol. The van der Waals surface area contributed by atoms with Gasteiger partial charge in [-0.05, 0) is 44.9 Å². The van der Waals surface area contributed by atoms with Crippen molar-refractivity contribution >= 4 is 11.9 Å². The Hall–Kier alpha value is -2.95. The first kappa shape index (κ1) is 24.7. The van der Waals surface area contributed by atoms with Crippen molar-refractivity contribution in [2.45, 2.75) is 51.4 Å². The van der Waals surface area contributed by atoms with E-state index >= 15 is 0 Å². The summed E-state index contributed by atoms with van der Waals surface area (Å²) in [5, 5.41) is 15.8. The SMILES string of the molecule is Cc1ccccc1CC(=O)N1CCC2(CC1)CN(C)Cc1nnc(C)n12.O=C(O)C(F)(F)F. The zero-order valence-electron chi connectivity index (χ0n) is 18.9. The van der Waals surface area contributed by atoms with Gasteiger partial charge < -0.3 is 14.6 Å². The second-order valence-electron chi connectivity index (χ2n) is 8.68. The molecule has 0 unspecified atom stereocenters. The number of carbonyl (C=O) groups excluding carboxylic acids is 1. The zero-order chi connectivity index (χ0) is 24.4. The third-order valence-corrected chi connectivity index (χ3v) is 6.23. The minimum absolute atomic E-state index is 0.0232. The fourth-order valence-electron chi connectivity index (χ4n) is 4.63. The lowest BCUT2D eigenvalue weighted by molar-refractivity contribution is -0.192. The van der Waals surface area contributed by atoms with E-state index in [0.29, 0.717) is 6.42 Å². The predicted molar refractivity (Wildman–Crippen MR) is 113 cm³/mol. The number of hydrogen-bond acceptors (Lipinski definition) is 5. The number of nitrogens with zero attached hydrogens (tertiary/aromatic N) is 5. The summed E-state index contributed by atoms with van der Waals surface area (Å²) in [6.07, 6.45) is -2.66. The number of alkyl halides is 3. The first-order chi connectivity index (χ1) is 15.4. The smallest absolute Gasteiger partial charge is 0.475 e. The molecule has 11 heteroatoms. The number of hydrogen-bond donors (Lipinski definition) is 1. The number of rotatable bonds is 2. The van der Waals surface area contributed by atoms with E-state index in [1.165, 1.54) is 5.56 Å². The third-order valence-electron chi connectivity index (χ3n) is 6.23. The van der Waals surface area contributed by atoms with Crippen LogP contribution in [-0.2, 0) is 28.1 Å². The summed E-state index contributed by atoms with van der Waals surface area (Å²) in [7, 11) is 2.14. The molecule has 33 heavy (non-hydrogen) atoms. The highest BCUT2D eigenvalue weighted by Gasteiger charge is 2.43. The Morgan fingerprint density at radius 3 is 2.30 bits per heavy atom. The number of aliphatic carboxylic acids is 1. The quantitative estimate of drug-likeness (QED) is 0.730. The Balaban J connectivity index is 0.000000383. The average molecular weight is 467 g/mol. The van der Waals surface area contributed by atoms with Crippen LogP contribution < -0.4 is 0 Å². The van der Waals surface area contributed by atoms with Crippen LogP contribution in [0, 0.1) is 13.8 Å². The van der Waals surface area contributed by atoms with Crippen molar-refractivity contribution in [1.82, 2.24) is 24.6 Å². The van der Waals surface area contributed by atoms with Gasteiger partial charge in [-0.2, -0.15) is 13.2 Å². The molecule has 180 valence electrons. The number of carbonyl (C=O) groups is 2. The van der Waals surface area contributed by atoms with Gasteiger partial charge in [-0.1, -0.05) is 24.3 Å². The summed E-state index contributed by atoms with van der Waals surface area (Å²) in [6, 6.07) is 8.16. The highest BCUT2D eigenvalue weighted by atomic mass is 19.4. The lowest BCUT2D eigenvalue weighted by Gasteiger charge is -2.48. The first-order valence-electron chi connectivity index (χ1n) is 10.7. The summed E-state index contributed by atoms with van der Waals surface area (Å²) >= 11 is 0. The van der Waals surface area contributed by atoms with E-state index in [9.17, 15) is 18.0 Å². The number of benzene rings is 1. The molecule has 8 nitrogen and oxygen atoms in total. The third kappa shape index (κ3) is 5.52. The van der Waals surface area contributed by atoms with Crippen LogP contribution in [0.1, 0.15) is 35.6 Å². The molecule has 0 radical (unpaired) electrons. The van der Waals surface area contributed by atoms with E-state index in [0.717, 1.165) is 56.2 Å². The van der Waals surface area contributed by atoms with Gasteiger partial charge in [0.25, 0.3) is 0 Å². The van der Waals surface area contributed by atoms with Gasteiger partial charge in [-0.15, -0.1) is 10.2 Å². The fourth-order valence-corrected chi connectivity index (χ4v) is 4.63. The molecular formula is C22H28F3N5O3. The van der Waals surface area contributed by atoms with Crippen molar-refractivity contribution in [3.8, 4) is 0 Å². The van der Waals surface area contributed by atoms with E-state index in [1.54, 1.807) is 0 Å². The summed E-state index contributed by atoms with van der Waals surface area (Å²) < 4.78 is 34.1. The number of likely N-dealkylation sites (tertiary alicyclic amines) is 1. The minimum Gasteiger partial charge on any atom is -0.475 e.